The van der Waals surface area contributed by atoms with Crippen molar-refractivity contribution >= 4 is 0 Å². The third-order valence-electron chi connectivity index (χ3n) is 4.74. The van der Waals surface area contributed by atoms with E-state index >= 15 is 0 Å². The zero-order valence-corrected chi connectivity index (χ0v) is 13.0. The van der Waals surface area contributed by atoms with Crippen molar-refractivity contribution in [2.75, 3.05) is 20.4 Å². The lowest BCUT2D eigenvalue weighted by Crippen LogP contribution is -2.29. The second-order valence-electron chi connectivity index (χ2n) is 6.18. The van der Waals surface area contributed by atoms with Gasteiger partial charge in [0.25, 0.3) is 0 Å². The van der Waals surface area contributed by atoms with Gasteiger partial charge in [-0.25, -0.2) is 0 Å². The molecule has 21 heavy (non-hydrogen) atoms. The zero-order chi connectivity index (χ0) is 14.7. The van der Waals surface area contributed by atoms with Gasteiger partial charge in [0.1, 0.15) is 0 Å². The standard InChI is InChI=1S/C17H25NO3/c1-12-5-3-4-6-14(12)10-18-9-13-7-15(19-2)17-16(8-13)20-11-21-17/h7-8,12,14,18H,3-6,9-11H2,1-2H3. The molecule has 2 atom stereocenters. The molecule has 1 aromatic carbocycles. The molecule has 4 heteroatoms. The minimum atomic E-state index is 0.280. The van der Waals surface area contributed by atoms with Gasteiger partial charge in [-0.1, -0.05) is 26.2 Å². The number of nitrogens with one attached hydrogen (secondary N) is 1. The fourth-order valence-electron chi connectivity index (χ4n) is 3.38. The summed E-state index contributed by atoms with van der Waals surface area (Å²) in [6.07, 6.45) is 5.52. The molecule has 0 aromatic heterocycles. The number of methoxy groups -OCH3 is 1. The zero-order valence-electron chi connectivity index (χ0n) is 13.0. The smallest absolute Gasteiger partial charge is 0.231 e. The van der Waals surface area contributed by atoms with Gasteiger partial charge in [0.15, 0.2) is 11.5 Å². The first-order valence-electron chi connectivity index (χ1n) is 7.95. The summed E-state index contributed by atoms with van der Waals surface area (Å²) in [5, 5.41) is 3.59. The molecule has 1 N–H and O–H groups in total. The fourth-order valence-corrected chi connectivity index (χ4v) is 3.38. The lowest BCUT2D eigenvalue weighted by atomic mass is 9.80. The van der Waals surface area contributed by atoms with Crippen molar-refractivity contribution in [3.8, 4) is 17.2 Å². The van der Waals surface area contributed by atoms with Gasteiger partial charge in [-0.2, -0.15) is 0 Å². The SMILES string of the molecule is COc1cc(CNCC2CCCCC2C)cc2c1OCO2. The molecule has 1 heterocycles. The molecular weight excluding hydrogens is 266 g/mol. The van der Waals surface area contributed by atoms with Crippen molar-refractivity contribution in [3.05, 3.63) is 17.7 Å². The topological polar surface area (TPSA) is 39.7 Å². The highest BCUT2D eigenvalue weighted by Crippen LogP contribution is 2.41. The fraction of sp³-hybridized carbons (Fsp3) is 0.647. The predicted octanol–water partition coefficient (Wildman–Crippen LogP) is 3.34. The molecule has 0 radical (unpaired) electrons. The highest BCUT2D eigenvalue weighted by atomic mass is 16.7. The largest absolute Gasteiger partial charge is 0.493 e. The van der Waals surface area contributed by atoms with Crippen LogP contribution in [0.2, 0.25) is 0 Å². The normalized spacial score (nSPS) is 24.1. The van der Waals surface area contributed by atoms with Crippen molar-refractivity contribution in [1.29, 1.82) is 0 Å². The number of benzene rings is 1. The van der Waals surface area contributed by atoms with Gasteiger partial charge in [-0.15, -0.1) is 0 Å². The number of hydrogen-bond acceptors (Lipinski definition) is 4. The molecule has 2 unspecified atom stereocenters. The maximum absolute atomic E-state index is 5.46. The van der Waals surface area contributed by atoms with Crippen molar-refractivity contribution in [1.82, 2.24) is 5.32 Å². The molecule has 3 rings (SSSR count). The van der Waals surface area contributed by atoms with Crippen LogP contribution in [0.15, 0.2) is 12.1 Å². The van der Waals surface area contributed by atoms with Crippen molar-refractivity contribution < 1.29 is 14.2 Å². The molecule has 4 nitrogen and oxygen atoms in total. The van der Waals surface area contributed by atoms with Crippen LogP contribution in [0, 0.1) is 11.8 Å². The molecule has 0 bridgehead atoms. The van der Waals surface area contributed by atoms with Gasteiger partial charge < -0.3 is 19.5 Å². The molecule has 2 aliphatic rings. The van der Waals surface area contributed by atoms with E-state index in [4.69, 9.17) is 14.2 Å². The first-order valence-corrected chi connectivity index (χ1v) is 7.95. The quantitative estimate of drug-likeness (QED) is 0.903. The summed E-state index contributed by atoms with van der Waals surface area (Å²) < 4.78 is 16.3. The lowest BCUT2D eigenvalue weighted by molar-refractivity contribution is 0.171. The third-order valence-corrected chi connectivity index (χ3v) is 4.74. The van der Waals surface area contributed by atoms with Gasteiger partial charge in [0.2, 0.25) is 12.5 Å². The molecule has 0 saturated heterocycles. The van der Waals surface area contributed by atoms with Crippen LogP contribution in [0.5, 0.6) is 17.2 Å². The Bertz CT molecular complexity index is 489. The van der Waals surface area contributed by atoms with E-state index < -0.39 is 0 Å². The van der Waals surface area contributed by atoms with Gasteiger partial charge >= 0.3 is 0 Å². The third kappa shape index (κ3) is 3.26. The summed E-state index contributed by atoms with van der Waals surface area (Å²) in [6, 6.07) is 4.08. The minimum Gasteiger partial charge on any atom is -0.493 e. The molecule has 1 fully saturated rings. The van der Waals surface area contributed by atoms with E-state index in [1.54, 1.807) is 7.11 Å². The highest BCUT2D eigenvalue weighted by molar-refractivity contribution is 5.55. The Balaban J connectivity index is 1.58. The van der Waals surface area contributed by atoms with Gasteiger partial charge in [-0.05, 0) is 42.5 Å². The number of rotatable bonds is 5. The van der Waals surface area contributed by atoms with E-state index in [0.29, 0.717) is 0 Å². The maximum atomic E-state index is 5.46. The van der Waals surface area contributed by atoms with E-state index in [-0.39, 0.29) is 6.79 Å². The van der Waals surface area contributed by atoms with Crippen LogP contribution in [-0.2, 0) is 6.54 Å². The van der Waals surface area contributed by atoms with Crippen LogP contribution in [-0.4, -0.2) is 20.4 Å². The molecule has 1 saturated carbocycles. The van der Waals surface area contributed by atoms with E-state index in [1.165, 1.54) is 31.2 Å². The maximum Gasteiger partial charge on any atom is 0.231 e. The van der Waals surface area contributed by atoms with E-state index in [1.807, 2.05) is 12.1 Å². The molecule has 1 aliphatic heterocycles. The van der Waals surface area contributed by atoms with E-state index in [9.17, 15) is 0 Å². The van der Waals surface area contributed by atoms with Crippen molar-refractivity contribution in [3.63, 3.8) is 0 Å². The second kappa shape index (κ2) is 6.56. The summed E-state index contributed by atoms with van der Waals surface area (Å²) in [5.74, 6) is 3.93. The summed E-state index contributed by atoms with van der Waals surface area (Å²) >= 11 is 0. The van der Waals surface area contributed by atoms with Crippen LogP contribution >= 0.6 is 0 Å². The highest BCUT2D eigenvalue weighted by Gasteiger charge is 2.22. The predicted molar refractivity (Wildman–Crippen MR) is 81.9 cm³/mol. The second-order valence-corrected chi connectivity index (χ2v) is 6.18. The Labute approximate surface area is 126 Å². The average Bonchev–Trinajstić information content (AvgIpc) is 2.97. The Morgan fingerprint density at radius 3 is 2.90 bits per heavy atom. The van der Waals surface area contributed by atoms with Crippen LogP contribution in [0.1, 0.15) is 38.2 Å². The molecule has 0 spiro atoms. The van der Waals surface area contributed by atoms with Gasteiger partial charge in [0, 0.05) is 6.54 Å². The minimum absolute atomic E-state index is 0.280. The van der Waals surface area contributed by atoms with Crippen molar-refractivity contribution in [2.45, 2.75) is 39.2 Å². The number of ether oxygens (including phenoxy) is 3. The molecule has 116 valence electrons. The Hall–Kier alpha value is -1.42. The van der Waals surface area contributed by atoms with Crippen LogP contribution in [0.4, 0.5) is 0 Å². The monoisotopic (exact) mass is 291 g/mol. The van der Waals surface area contributed by atoms with E-state index in [2.05, 4.69) is 12.2 Å². The molecule has 1 aromatic rings. The summed E-state index contributed by atoms with van der Waals surface area (Å²) in [4.78, 5) is 0. The van der Waals surface area contributed by atoms with Crippen LogP contribution in [0.3, 0.4) is 0 Å². The van der Waals surface area contributed by atoms with Gasteiger partial charge in [-0.3, -0.25) is 0 Å². The summed E-state index contributed by atoms with van der Waals surface area (Å²) in [5.41, 5.74) is 1.18. The average molecular weight is 291 g/mol. The number of hydrogen-bond donors (Lipinski definition) is 1. The van der Waals surface area contributed by atoms with Crippen LogP contribution in [0.25, 0.3) is 0 Å². The Kier molecular flexibility index (Phi) is 4.54. The number of fused-ring (bicyclic) bond motifs is 1. The summed E-state index contributed by atoms with van der Waals surface area (Å²) in [7, 11) is 1.66. The lowest BCUT2D eigenvalue weighted by Gasteiger charge is -2.28. The molecule has 0 amide bonds. The summed E-state index contributed by atoms with van der Waals surface area (Å²) in [6.45, 7) is 4.60. The van der Waals surface area contributed by atoms with Gasteiger partial charge in [0.05, 0.1) is 7.11 Å². The molecule has 1 aliphatic carbocycles. The first-order chi connectivity index (χ1) is 10.3. The van der Waals surface area contributed by atoms with Crippen molar-refractivity contribution in [2.24, 2.45) is 11.8 Å². The van der Waals surface area contributed by atoms with Crippen LogP contribution < -0.4 is 19.5 Å². The Morgan fingerprint density at radius 2 is 2.10 bits per heavy atom. The Morgan fingerprint density at radius 1 is 1.24 bits per heavy atom. The molecular formula is C17H25NO3. The van der Waals surface area contributed by atoms with E-state index in [0.717, 1.165) is 42.2 Å². The first kappa shape index (κ1) is 14.5.